The highest BCUT2D eigenvalue weighted by Crippen LogP contribution is 2.22. The molecule has 0 aliphatic carbocycles. The number of morpholine rings is 1. The fourth-order valence-corrected chi connectivity index (χ4v) is 2.63. The molecule has 0 amide bonds. The van der Waals surface area contributed by atoms with Gasteiger partial charge in [-0.15, -0.1) is 0 Å². The van der Waals surface area contributed by atoms with Crippen molar-refractivity contribution in [3.05, 3.63) is 29.8 Å². The molecule has 18 heavy (non-hydrogen) atoms. The third-order valence-electron chi connectivity index (χ3n) is 3.37. The minimum atomic E-state index is 0.288. The number of methoxy groups -OCH3 is 1. The minimum absolute atomic E-state index is 0.288. The minimum Gasteiger partial charge on any atom is -0.496 e. The van der Waals surface area contributed by atoms with Crippen molar-refractivity contribution in [3.63, 3.8) is 0 Å². The van der Waals surface area contributed by atoms with Gasteiger partial charge < -0.3 is 9.47 Å². The van der Waals surface area contributed by atoms with Gasteiger partial charge in [0.25, 0.3) is 0 Å². The lowest BCUT2D eigenvalue weighted by molar-refractivity contribution is -0.0501. The Bertz CT molecular complexity index is 386. The maximum absolute atomic E-state index is 5.74. The van der Waals surface area contributed by atoms with Crippen molar-refractivity contribution >= 4 is 15.9 Å². The summed E-state index contributed by atoms with van der Waals surface area (Å²) in [5, 5.41) is 0.891. The summed E-state index contributed by atoms with van der Waals surface area (Å²) < 4.78 is 11.2. The average Bonchev–Trinajstić information content (AvgIpc) is 2.42. The van der Waals surface area contributed by atoms with Crippen LogP contribution in [0.2, 0.25) is 0 Å². The summed E-state index contributed by atoms with van der Waals surface area (Å²) in [6.45, 7) is 4.88. The largest absolute Gasteiger partial charge is 0.496 e. The molecular formula is C14H20BrNO2. The van der Waals surface area contributed by atoms with E-state index < -0.39 is 0 Å². The Kier molecular flexibility index (Phi) is 5.03. The van der Waals surface area contributed by atoms with E-state index in [0.717, 1.165) is 30.8 Å². The molecule has 1 aromatic carbocycles. The molecule has 0 spiro atoms. The van der Waals surface area contributed by atoms with E-state index in [4.69, 9.17) is 9.47 Å². The summed E-state index contributed by atoms with van der Waals surface area (Å²) in [5.41, 5.74) is 1.24. The number of hydrogen-bond acceptors (Lipinski definition) is 3. The van der Waals surface area contributed by atoms with Crippen LogP contribution in [0.5, 0.6) is 5.75 Å². The Morgan fingerprint density at radius 2 is 2.22 bits per heavy atom. The van der Waals surface area contributed by atoms with Crippen LogP contribution in [0.25, 0.3) is 0 Å². The lowest BCUT2D eigenvalue weighted by atomic mass is 10.1. The Morgan fingerprint density at radius 3 is 2.94 bits per heavy atom. The summed E-state index contributed by atoms with van der Waals surface area (Å²) in [6.07, 6.45) is 0.288. The molecule has 0 radical (unpaired) electrons. The summed E-state index contributed by atoms with van der Waals surface area (Å²) in [7, 11) is 1.73. The Balaban J connectivity index is 2.07. The summed E-state index contributed by atoms with van der Waals surface area (Å²) in [4.78, 5) is 2.45. The maximum atomic E-state index is 5.74. The second-order valence-electron chi connectivity index (χ2n) is 4.70. The van der Waals surface area contributed by atoms with Gasteiger partial charge in [0, 0.05) is 30.0 Å². The van der Waals surface area contributed by atoms with Gasteiger partial charge >= 0.3 is 0 Å². The van der Waals surface area contributed by atoms with Crippen LogP contribution >= 0.6 is 15.9 Å². The van der Waals surface area contributed by atoms with E-state index in [0.29, 0.717) is 6.04 Å². The summed E-state index contributed by atoms with van der Waals surface area (Å²) in [5.74, 6) is 0.964. The third kappa shape index (κ3) is 3.25. The van der Waals surface area contributed by atoms with Crippen LogP contribution in [0, 0.1) is 0 Å². The second-order valence-corrected chi connectivity index (χ2v) is 5.35. The van der Waals surface area contributed by atoms with Gasteiger partial charge in [0.05, 0.1) is 19.8 Å². The number of rotatable bonds is 4. The second kappa shape index (κ2) is 6.55. The van der Waals surface area contributed by atoms with Gasteiger partial charge in [0.1, 0.15) is 5.75 Å². The van der Waals surface area contributed by atoms with E-state index in [2.05, 4.69) is 39.9 Å². The lowest BCUT2D eigenvalue weighted by Crippen LogP contribution is -2.48. The number of halogens is 1. The topological polar surface area (TPSA) is 21.7 Å². The van der Waals surface area contributed by atoms with E-state index in [-0.39, 0.29) is 6.10 Å². The molecule has 0 bridgehead atoms. The van der Waals surface area contributed by atoms with Crippen LogP contribution in [-0.2, 0) is 11.3 Å². The van der Waals surface area contributed by atoms with Crippen molar-refractivity contribution in [2.24, 2.45) is 0 Å². The van der Waals surface area contributed by atoms with Crippen LogP contribution < -0.4 is 4.74 Å². The van der Waals surface area contributed by atoms with Crippen molar-refractivity contribution in [1.29, 1.82) is 0 Å². The highest BCUT2D eigenvalue weighted by atomic mass is 79.9. The van der Waals surface area contributed by atoms with Crippen LogP contribution in [0.15, 0.2) is 24.3 Å². The number of nitrogens with zero attached hydrogens (tertiary/aromatic N) is 1. The monoisotopic (exact) mass is 313 g/mol. The number of ether oxygens (including phenoxy) is 2. The molecule has 1 fully saturated rings. The first-order chi connectivity index (χ1) is 8.74. The van der Waals surface area contributed by atoms with Crippen LogP contribution in [0.1, 0.15) is 12.5 Å². The van der Waals surface area contributed by atoms with Gasteiger partial charge in [-0.2, -0.15) is 0 Å². The molecule has 1 heterocycles. The van der Waals surface area contributed by atoms with Gasteiger partial charge in [-0.1, -0.05) is 34.1 Å². The molecule has 1 saturated heterocycles. The van der Waals surface area contributed by atoms with E-state index >= 15 is 0 Å². The highest BCUT2D eigenvalue weighted by Gasteiger charge is 2.25. The lowest BCUT2D eigenvalue weighted by Gasteiger charge is -2.37. The number of hydrogen-bond donors (Lipinski definition) is 0. The average molecular weight is 314 g/mol. The standard InChI is InChI=1S/C14H20BrNO2/c1-11-10-18-13(7-15)9-16(11)8-12-5-3-4-6-14(12)17-2/h3-6,11,13H,7-10H2,1-2H3. The molecule has 2 unspecified atom stereocenters. The summed E-state index contributed by atoms with van der Waals surface area (Å²) >= 11 is 3.50. The molecule has 1 aromatic rings. The zero-order valence-corrected chi connectivity index (χ0v) is 12.5. The van der Waals surface area contributed by atoms with Gasteiger partial charge in [0.15, 0.2) is 0 Å². The van der Waals surface area contributed by atoms with E-state index in [1.54, 1.807) is 7.11 Å². The predicted octanol–water partition coefficient (Wildman–Crippen LogP) is 2.68. The van der Waals surface area contributed by atoms with Crippen LogP contribution in [0.4, 0.5) is 0 Å². The van der Waals surface area contributed by atoms with Crippen molar-refractivity contribution in [1.82, 2.24) is 4.90 Å². The Hall–Kier alpha value is -0.580. The molecule has 4 heteroatoms. The SMILES string of the molecule is COc1ccccc1CN1CC(CBr)OCC1C. The molecule has 1 aliphatic heterocycles. The Labute approximate surface area is 117 Å². The number of alkyl halides is 1. The Morgan fingerprint density at radius 1 is 1.44 bits per heavy atom. The van der Waals surface area contributed by atoms with Crippen LogP contribution in [-0.4, -0.2) is 42.6 Å². The molecule has 1 aliphatic rings. The van der Waals surface area contributed by atoms with E-state index in [1.807, 2.05) is 12.1 Å². The first-order valence-corrected chi connectivity index (χ1v) is 7.40. The first-order valence-electron chi connectivity index (χ1n) is 6.28. The zero-order valence-electron chi connectivity index (χ0n) is 10.9. The molecule has 0 aromatic heterocycles. The smallest absolute Gasteiger partial charge is 0.123 e. The van der Waals surface area contributed by atoms with E-state index in [1.165, 1.54) is 5.56 Å². The highest BCUT2D eigenvalue weighted by molar-refractivity contribution is 9.09. The molecule has 0 N–H and O–H groups in total. The van der Waals surface area contributed by atoms with Crippen molar-refractivity contribution in [2.75, 3.05) is 25.6 Å². The number of benzene rings is 1. The molecular weight excluding hydrogens is 294 g/mol. The first kappa shape index (κ1) is 13.8. The van der Waals surface area contributed by atoms with Crippen molar-refractivity contribution < 1.29 is 9.47 Å². The van der Waals surface area contributed by atoms with Gasteiger partial charge in [0.2, 0.25) is 0 Å². The molecule has 2 atom stereocenters. The maximum Gasteiger partial charge on any atom is 0.123 e. The fourth-order valence-electron chi connectivity index (χ4n) is 2.24. The normalized spacial score (nSPS) is 25.1. The predicted molar refractivity (Wildman–Crippen MR) is 76.4 cm³/mol. The number of para-hydroxylation sites is 1. The van der Waals surface area contributed by atoms with Gasteiger partial charge in [-0.25, -0.2) is 0 Å². The molecule has 2 rings (SSSR count). The fraction of sp³-hybridized carbons (Fsp3) is 0.571. The third-order valence-corrected chi connectivity index (χ3v) is 4.09. The van der Waals surface area contributed by atoms with Crippen molar-refractivity contribution in [2.45, 2.75) is 25.6 Å². The van der Waals surface area contributed by atoms with Crippen molar-refractivity contribution in [3.8, 4) is 5.75 Å². The summed E-state index contributed by atoms with van der Waals surface area (Å²) in [6, 6.07) is 8.66. The molecule has 3 nitrogen and oxygen atoms in total. The van der Waals surface area contributed by atoms with Gasteiger partial charge in [-0.3, -0.25) is 4.90 Å². The quantitative estimate of drug-likeness (QED) is 0.798. The zero-order chi connectivity index (χ0) is 13.0. The molecule has 100 valence electrons. The van der Waals surface area contributed by atoms with Crippen LogP contribution in [0.3, 0.4) is 0 Å². The van der Waals surface area contributed by atoms with E-state index in [9.17, 15) is 0 Å². The molecule has 0 saturated carbocycles. The van der Waals surface area contributed by atoms with Gasteiger partial charge in [-0.05, 0) is 13.0 Å².